The van der Waals surface area contributed by atoms with Crippen LogP contribution in [0.15, 0.2) is 43.0 Å². The maximum Gasteiger partial charge on any atom is 0.435 e. The average Bonchev–Trinajstić information content (AvgIpc) is 3.75. The van der Waals surface area contributed by atoms with E-state index in [1.807, 2.05) is 13.0 Å². The van der Waals surface area contributed by atoms with Gasteiger partial charge in [0.25, 0.3) is 5.91 Å². The van der Waals surface area contributed by atoms with Gasteiger partial charge in [-0.05, 0) is 56.1 Å². The third kappa shape index (κ3) is 7.13. The second kappa shape index (κ2) is 13.5. The Kier molecular flexibility index (Phi) is 9.56. The molecule has 1 amide bonds. The van der Waals surface area contributed by atoms with Crippen molar-refractivity contribution in [3.05, 3.63) is 59.8 Å². The number of anilines is 2. The summed E-state index contributed by atoms with van der Waals surface area (Å²) in [5.41, 5.74) is 1.08. The van der Waals surface area contributed by atoms with Gasteiger partial charge >= 0.3 is 6.18 Å². The van der Waals surface area contributed by atoms with Crippen molar-refractivity contribution < 1.29 is 27.1 Å². The van der Waals surface area contributed by atoms with Crippen LogP contribution in [0.25, 0.3) is 16.9 Å². The van der Waals surface area contributed by atoms with Crippen molar-refractivity contribution in [1.82, 2.24) is 34.4 Å². The zero-order valence-electron chi connectivity index (χ0n) is 23.8. The molecule has 14 heteroatoms. The Morgan fingerprint density at radius 3 is 2.67 bits per heavy atom. The van der Waals surface area contributed by atoms with E-state index in [0.717, 1.165) is 36.1 Å². The molecular formula is C29H34F4N8O2. The minimum absolute atomic E-state index is 0.138. The summed E-state index contributed by atoms with van der Waals surface area (Å²) in [6.45, 7) is 5.42. The molecule has 2 N–H and O–H groups in total. The zero-order valence-corrected chi connectivity index (χ0v) is 23.8. The van der Waals surface area contributed by atoms with E-state index in [9.17, 15) is 22.4 Å². The lowest BCUT2D eigenvalue weighted by Gasteiger charge is -2.15. The van der Waals surface area contributed by atoms with Crippen LogP contribution in [0, 0.1) is 0 Å². The van der Waals surface area contributed by atoms with Gasteiger partial charge in [0.1, 0.15) is 6.67 Å². The summed E-state index contributed by atoms with van der Waals surface area (Å²) in [5, 5.41) is 9.63. The summed E-state index contributed by atoms with van der Waals surface area (Å²) < 4.78 is 62.1. The van der Waals surface area contributed by atoms with E-state index >= 15 is 0 Å². The molecule has 1 saturated heterocycles. The number of carbonyl (C=O) groups excluding carboxylic acids is 1. The van der Waals surface area contributed by atoms with Crippen LogP contribution in [0.3, 0.4) is 0 Å². The lowest BCUT2D eigenvalue weighted by molar-refractivity contribution is -0.141. The Bertz CT molecular complexity index is 1550. The van der Waals surface area contributed by atoms with E-state index in [0.29, 0.717) is 43.2 Å². The molecule has 5 rings (SSSR count). The van der Waals surface area contributed by atoms with Gasteiger partial charge in [0.15, 0.2) is 17.2 Å². The molecule has 4 aromatic rings. The molecule has 0 unspecified atom stereocenters. The number of fused-ring (bicyclic) bond motifs is 1. The highest BCUT2D eigenvalue weighted by Crippen LogP contribution is 2.37. The van der Waals surface area contributed by atoms with Gasteiger partial charge in [-0.3, -0.25) is 13.9 Å². The van der Waals surface area contributed by atoms with Crippen molar-refractivity contribution >= 4 is 23.1 Å². The lowest BCUT2D eigenvalue weighted by atomic mass is 10.0. The molecule has 0 bridgehead atoms. The highest BCUT2D eigenvalue weighted by atomic mass is 19.4. The van der Waals surface area contributed by atoms with Crippen molar-refractivity contribution in [2.45, 2.75) is 38.9 Å². The van der Waals surface area contributed by atoms with E-state index in [1.54, 1.807) is 12.1 Å². The number of likely N-dealkylation sites (tertiary alicyclic amines) is 1. The monoisotopic (exact) mass is 602 g/mol. The minimum atomic E-state index is -4.74. The van der Waals surface area contributed by atoms with E-state index in [1.165, 1.54) is 35.8 Å². The number of nitrogens with one attached hydrogen (secondary N) is 2. The number of rotatable bonds is 13. The van der Waals surface area contributed by atoms with Crippen molar-refractivity contribution in [2.24, 2.45) is 0 Å². The van der Waals surface area contributed by atoms with Crippen molar-refractivity contribution in [3.63, 3.8) is 0 Å². The molecule has 1 aromatic carbocycles. The minimum Gasteiger partial charge on any atom is -0.378 e. The summed E-state index contributed by atoms with van der Waals surface area (Å²) >= 11 is 0. The van der Waals surface area contributed by atoms with Gasteiger partial charge in [0, 0.05) is 42.9 Å². The smallest absolute Gasteiger partial charge is 0.378 e. The van der Waals surface area contributed by atoms with E-state index < -0.39 is 18.5 Å². The molecule has 1 fully saturated rings. The fourth-order valence-electron chi connectivity index (χ4n) is 5.18. The standard InChI is InChI=1S/C29H34F4N8O2/c1-2-20-17-21(5-6-22(20)28(42)35-9-15-43-16-14-39-10-3-4-11-39)37-26-27-36-18-24(41(27)13-8-34-26)23-19-40(12-7-30)38-25(23)29(31,32)33/h5-6,8,13,17-19H,2-4,7,9-12,14-16H2,1H3,(H,34,37)(H,35,42). The SMILES string of the molecule is CCc1cc(Nc2nccn3c(-c4cn(CCF)nc4C(F)(F)F)cnc23)ccc1C(=O)NCCOCCN1CCCC1. The molecule has 0 aliphatic carbocycles. The fraction of sp³-hybridized carbons (Fsp3) is 0.448. The van der Waals surface area contributed by atoms with Crippen molar-refractivity contribution in [3.8, 4) is 11.3 Å². The Hall–Kier alpha value is -4.04. The normalized spacial score (nSPS) is 14.1. The molecule has 0 saturated carbocycles. The topological polar surface area (TPSA) is 102 Å². The molecule has 0 atom stereocenters. The molecule has 1 aliphatic rings. The first-order chi connectivity index (χ1) is 20.8. The summed E-state index contributed by atoms with van der Waals surface area (Å²) in [5.74, 6) is 0.113. The van der Waals surface area contributed by atoms with E-state index in [-0.39, 0.29) is 29.4 Å². The number of amides is 1. The second-order valence-corrected chi connectivity index (χ2v) is 10.2. The third-order valence-corrected chi connectivity index (χ3v) is 7.32. The highest BCUT2D eigenvalue weighted by Gasteiger charge is 2.38. The maximum absolute atomic E-state index is 13.7. The first-order valence-electron chi connectivity index (χ1n) is 14.3. The average molecular weight is 603 g/mol. The van der Waals surface area contributed by atoms with Gasteiger partial charge in [-0.1, -0.05) is 6.92 Å². The van der Waals surface area contributed by atoms with Crippen LogP contribution in [0.5, 0.6) is 0 Å². The summed E-state index contributed by atoms with van der Waals surface area (Å²) in [7, 11) is 0. The number of hydrogen-bond acceptors (Lipinski definition) is 7. The Balaban J connectivity index is 1.27. The van der Waals surface area contributed by atoms with Crippen molar-refractivity contribution in [2.75, 3.05) is 51.4 Å². The predicted molar refractivity (Wildman–Crippen MR) is 153 cm³/mol. The first-order valence-corrected chi connectivity index (χ1v) is 14.3. The quantitative estimate of drug-likeness (QED) is 0.169. The van der Waals surface area contributed by atoms with Crippen LogP contribution in [0.4, 0.5) is 29.1 Å². The molecule has 1 aliphatic heterocycles. The highest BCUT2D eigenvalue weighted by molar-refractivity contribution is 5.96. The molecule has 0 spiro atoms. The van der Waals surface area contributed by atoms with Gasteiger partial charge in [-0.15, -0.1) is 0 Å². The number of alkyl halides is 4. The maximum atomic E-state index is 13.7. The Morgan fingerprint density at radius 2 is 1.93 bits per heavy atom. The number of ether oxygens (including phenoxy) is 1. The van der Waals surface area contributed by atoms with Crippen LogP contribution in [0.2, 0.25) is 0 Å². The van der Waals surface area contributed by atoms with Gasteiger partial charge in [0.2, 0.25) is 0 Å². The predicted octanol–water partition coefficient (Wildman–Crippen LogP) is 4.73. The number of benzene rings is 1. The molecule has 4 heterocycles. The van der Waals surface area contributed by atoms with Crippen LogP contribution in [0.1, 0.15) is 41.4 Å². The Morgan fingerprint density at radius 1 is 1.12 bits per heavy atom. The third-order valence-electron chi connectivity index (χ3n) is 7.32. The van der Waals surface area contributed by atoms with Gasteiger partial charge in [-0.2, -0.15) is 18.3 Å². The van der Waals surface area contributed by atoms with E-state index in [2.05, 4.69) is 30.6 Å². The second-order valence-electron chi connectivity index (χ2n) is 10.2. The number of halogens is 4. The van der Waals surface area contributed by atoms with Crippen LogP contribution in [-0.4, -0.2) is 81.0 Å². The molecule has 10 nitrogen and oxygen atoms in total. The van der Waals surface area contributed by atoms with Crippen LogP contribution < -0.4 is 10.6 Å². The number of hydrogen-bond donors (Lipinski definition) is 2. The lowest BCUT2D eigenvalue weighted by Crippen LogP contribution is -2.29. The fourth-order valence-corrected chi connectivity index (χ4v) is 5.18. The summed E-state index contributed by atoms with van der Waals surface area (Å²) in [4.78, 5) is 23.9. The van der Waals surface area contributed by atoms with Gasteiger partial charge in [0.05, 0.1) is 37.2 Å². The number of imidazole rings is 1. The first kappa shape index (κ1) is 30.4. The Labute approximate surface area is 246 Å². The summed E-state index contributed by atoms with van der Waals surface area (Å²) in [6.07, 6.45) is 3.74. The molecular weight excluding hydrogens is 568 g/mol. The summed E-state index contributed by atoms with van der Waals surface area (Å²) in [6, 6.07) is 5.29. The van der Waals surface area contributed by atoms with Gasteiger partial charge < -0.3 is 20.3 Å². The van der Waals surface area contributed by atoms with Crippen molar-refractivity contribution in [1.29, 1.82) is 0 Å². The van der Waals surface area contributed by atoms with Crippen LogP contribution in [-0.2, 0) is 23.9 Å². The molecule has 230 valence electrons. The molecule has 0 radical (unpaired) electrons. The van der Waals surface area contributed by atoms with Crippen LogP contribution >= 0.6 is 0 Å². The zero-order chi connectivity index (χ0) is 30.4. The largest absolute Gasteiger partial charge is 0.435 e. The molecule has 43 heavy (non-hydrogen) atoms. The number of nitrogens with zero attached hydrogens (tertiary/aromatic N) is 6. The molecule has 3 aromatic heterocycles. The van der Waals surface area contributed by atoms with Gasteiger partial charge in [-0.25, -0.2) is 14.4 Å². The number of carbonyl (C=O) groups is 1. The number of aryl methyl sites for hydroxylation is 2. The number of aromatic nitrogens is 5. The van der Waals surface area contributed by atoms with E-state index in [4.69, 9.17) is 4.74 Å².